The van der Waals surface area contributed by atoms with Gasteiger partial charge in [-0.1, -0.05) is 37.3 Å². The molecule has 0 radical (unpaired) electrons. The zero-order valence-electron chi connectivity index (χ0n) is 18.3. The van der Waals surface area contributed by atoms with Crippen LogP contribution in [0, 0.1) is 13.8 Å². The average Bonchev–Trinajstić information content (AvgIpc) is 3.06. The average molecular weight is 418 g/mol. The topological polar surface area (TPSA) is 73.2 Å². The molecule has 0 aliphatic rings. The first kappa shape index (κ1) is 22.0. The van der Waals surface area contributed by atoms with Gasteiger partial charge in [-0.2, -0.15) is 5.10 Å². The number of para-hydroxylation sites is 1. The van der Waals surface area contributed by atoms with Crippen LogP contribution in [0.15, 0.2) is 60.7 Å². The van der Waals surface area contributed by atoms with E-state index in [0.29, 0.717) is 5.69 Å². The van der Waals surface area contributed by atoms with E-state index in [0.717, 1.165) is 29.1 Å². The molecule has 0 spiro atoms. The van der Waals surface area contributed by atoms with Crippen molar-refractivity contribution in [3.8, 4) is 5.69 Å². The summed E-state index contributed by atoms with van der Waals surface area (Å²) in [4.78, 5) is 24.6. The third-order valence-corrected chi connectivity index (χ3v) is 5.03. The Morgan fingerprint density at radius 3 is 2.42 bits per heavy atom. The fourth-order valence-corrected chi connectivity index (χ4v) is 3.20. The number of amides is 1. The van der Waals surface area contributed by atoms with Crippen LogP contribution in [0.1, 0.15) is 36.4 Å². The molecule has 6 heteroatoms. The van der Waals surface area contributed by atoms with Crippen molar-refractivity contribution < 1.29 is 14.3 Å². The number of hydrogen-bond acceptors (Lipinski definition) is 4. The maximum Gasteiger partial charge on any atom is 0.331 e. The molecule has 0 bridgehead atoms. The van der Waals surface area contributed by atoms with Crippen molar-refractivity contribution in [1.29, 1.82) is 0 Å². The Hall–Kier alpha value is -3.67. The highest BCUT2D eigenvalue weighted by molar-refractivity contribution is 5.96. The summed E-state index contributed by atoms with van der Waals surface area (Å²) in [5.41, 5.74) is 5.35. The van der Waals surface area contributed by atoms with Gasteiger partial charge in [0.25, 0.3) is 5.91 Å². The largest absolute Gasteiger partial charge is 0.449 e. The zero-order chi connectivity index (χ0) is 22.4. The van der Waals surface area contributed by atoms with Crippen molar-refractivity contribution in [3.05, 3.63) is 83.2 Å². The Kier molecular flexibility index (Phi) is 7.03. The van der Waals surface area contributed by atoms with Crippen molar-refractivity contribution in [2.75, 3.05) is 5.32 Å². The molecule has 0 saturated heterocycles. The number of rotatable bonds is 7. The van der Waals surface area contributed by atoms with Crippen LogP contribution >= 0.6 is 0 Å². The molecule has 1 aromatic heterocycles. The summed E-state index contributed by atoms with van der Waals surface area (Å²) in [5, 5.41) is 7.31. The minimum absolute atomic E-state index is 0.379. The Morgan fingerprint density at radius 2 is 1.77 bits per heavy atom. The normalized spacial score (nSPS) is 12.0. The van der Waals surface area contributed by atoms with Gasteiger partial charge in [-0.05, 0) is 63.1 Å². The Labute approximate surface area is 182 Å². The predicted octanol–water partition coefficient (Wildman–Crippen LogP) is 4.64. The lowest BCUT2D eigenvalue weighted by Gasteiger charge is -2.12. The molecule has 1 amide bonds. The van der Waals surface area contributed by atoms with Gasteiger partial charge in [-0.15, -0.1) is 0 Å². The van der Waals surface area contributed by atoms with E-state index in [1.807, 2.05) is 73.1 Å². The fourth-order valence-electron chi connectivity index (χ4n) is 3.20. The molecule has 2 aromatic carbocycles. The molecule has 1 N–H and O–H groups in total. The van der Waals surface area contributed by atoms with Crippen LogP contribution in [0.25, 0.3) is 11.8 Å². The molecule has 3 rings (SSSR count). The van der Waals surface area contributed by atoms with Gasteiger partial charge in [-0.25, -0.2) is 9.48 Å². The molecular weight excluding hydrogens is 390 g/mol. The summed E-state index contributed by atoms with van der Waals surface area (Å²) in [5.74, 6) is -0.967. The number of nitrogens with one attached hydrogen (secondary N) is 1. The van der Waals surface area contributed by atoms with Gasteiger partial charge in [0.1, 0.15) is 0 Å². The number of aryl methyl sites for hydroxylation is 2. The van der Waals surface area contributed by atoms with Gasteiger partial charge in [0.2, 0.25) is 0 Å². The van der Waals surface area contributed by atoms with Crippen molar-refractivity contribution in [2.45, 2.75) is 40.2 Å². The minimum atomic E-state index is -0.919. The molecule has 0 fully saturated rings. The highest BCUT2D eigenvalue weighted by atomic mass is 16.5. The zero-order valence-corrected chi connectivity index (χ0v) is 18.3. The van der Waals surface area contributed by atoms with E-state index < -0.39 is 12.1 Å². The molecule has 0 unspecified atom stereocenters. The summed E-state index contributed by atoms with van der Waals surface area (Å²) in [6, 6.07) is 17.4. The number of carbonyl (C=O) groups excluding carboxylic acids is 2. The number of hydrogen-bond donors (Lipinski definition) is 1. The second kappa shape index (κ2) is 9.89. The summed E-state index contributed by atoms with van der Waals surface area (Å²) in [6.45, 7) is 7.44. The van der Waals surface area contributed by atoms with Crippen LogP contribution < -0.4 is 5.32 Å². The van der Waals surface area contributed by atoms with Crippen molar-refractivity contribution >= 4 is 23.6 Å². The molecule has 31 heavy (non-hydrogen) atoms. The van der Waals surface area contributed by atoms with Crippen LogP contribution in [0.2, 0.25) is 0 Å². The molecule has 1 heterocycles. The fraction of sp³-hybridized carbons (Fsp3) is 0.240. The maximum absolute atomic E-state index is 12.3. The number of esters is 1. The van der Waals surface area contributed by atoms with Gasteiger partial charge < -0.3 is 10.1 Å². The smallest absolute Gasteiger partial charge is 0.331 e. The summed E-state index contributed by atoms with van der Waals surface area (Å²) in [6.07, 6.45) is 3.01. The number of carbonyl (C=O) groups is 2. The number of aromatic nitrogens is 2. The summed E-state index contributed by atoms with van der Waals surface area (Å²) < 4.78 is 7.09. The van der Waals surface area contributed by atoms with E-state index in [1.54, 1.807) is 13.0 Å². The minimum Gasteiger partial charge on any atom is -0.449 e. The number of nitrogens with zero attached hydrogens (tertiary/aromatic N) is 2. The van der Waals surface area contributed by atoms with Gasteiger partial charge in [-0.3, -0.25) is 4.79 Å². The molecular formula is C25H27N3O3. The quantitative estimate of drug-likeness (QED) is 0.449. The lowest BCUT2D eigenvalue weighted by molar-refractivity contribution is -0.148. The van der Waals surface area contributed by atoms with E-state index in [-0.39, 0.29) is 5.91 Å². The first-order chi connectivity index (χ1) is 14.9. The predicted molar refractivity (Wildman–Crippen MR) is 122 cm³/mol. The lowest BCUT2D eigenvalue weighted by atomic mass is 10.1. The monoisotopic (exact) mass is 417 g/mol. The summed E-state index contributed by atoms with van der Waals surface area (Å²) >= 11 is 0. The van der Waals surface area contributed by atoms with E-state index >= 15 is 0 Å². The highest BCUT2D eigenvalue weighted by Crippen LogP contribution is 2.19. The number of anilines is 1. The van der Waals surface area contributed by atoms with Crippen LogP contribution in [-0.4, -0.2) is 27.8 Å². The van der Waals surface area contributed by atoms with Gasteiger partial charge in [0.15, 0.2) is 6.10 Å². The molecule has 0 saturated carbocycles. The second-order valence-electron chi connectivity index (χ2n) is 7.28. The number of benzene rings is 2. The van der Waals surface area contributed by atoms with E-state index in [4.69, 9.17) is 4.74 Å². The highest BCUT2D eigenvalue weighted by Gasteiger charge is 2.17. The third kappa shape index (κ3) is 5.48. The van der Waals surface area contributed by atoms with Crippen LogP contribution in [-0.2, 0) is 20.7 Å². The van der Waals surface area contributed by atoms with Crippen LogP contribution in [0.3, 0.4) is 0 Å². The molecule has 0 aliphatic heterocycles. The Bertz CT molecular complexity index is 1080. The molecule has 160 valence electrons. The van der Waals surface area contributed by atoms with E-state index in [2.05, 4.69) is 17.3 Å². The maximum atomic E-state index is 12.3. The Morgan fingerprint density at radius 1 is 1.10 bits per heavy atom. The number of ether oxygens (including phenoxy) is 1. The SMILES string of the molecule is CCc1ccc(NC(=O)[C@H](C)OC(=O)/C=C/c2c(C)nn(-c3ccccc3)c2C)cc1. The van der Waals surface area contributed by atoms with Gasteiger partial charge in [0.05, 0.1) is 11.4 Å². The standard InChI is InChI=1S/C25H27N3O3/c1-5-20-11-13-21(14-12-20)26-25(30)19(4)31-24(29)16-15-23-17(2)27-28(18(23)3)22-9-7-6-8-10-22/h6-16,19H,5H2,1-4H3,(H,26,30)/b16-15+/t19-/m0/s1. The first-order valence-electron chi connectivity index (χ1n) is 10.3. The summed E-state index contributed by atoms with van der Waals surface area (Å²) in [7, 11) is 0. The van der Waals surface area contributed by atoms with Crippen molar-refractivity contribution in [2.24, 2.45) is 0 Å². The molecule has 6 nitrogen and oxygen atoms in total. The first-order valence-corrected chi connectivity index (χ1v) is 10.3. The Balaban J connectivity index is 1.62. The van der Waals surface area contributed by atoms with Crippen molar-refractivity contribution in [3.63, 3.8) is 0 Å². The van der Waals surface area contributed by atoms with Gasteiger partial charge in [0, 0.05) is 23.0 Å². The van der Waals surface area contributed by atoms with E-state index in [9.17, 15) is 9.59 Å². The van der Waals surface area contributed by atoms with Crippen molar-refractivity contribution in [1.82, 2.24) is 9.78 Å². The van der Waals surface area contributed by atoms with E-state index in [1.165, 1.54) is 11.6 Å². The van der Waals surface area contributed by atoms with Crippen LogP contribution in [0.5, 0.6) is 0 Å². The lowest BCUT2D eigenvalue weighted by Crippen LogP contribution is -2.29. The molecule has 1 atom stereocenters. The molecule has 3 aromatic rings. The van der Waals surface area contributed by atoms with Gasteiger partial charge >= 0.3 is 5.97 Å². The molecule has 0 aliphatic carbocycles. The second-order valence-corrected chi connectivity index (χ2v) is 7.28. The third-order valence-electron chi connectivity index (χ3n) is 5.03. The van der Waals surface area contributed by atoms with Crippen LogP contribution in [0.4, 0.5) is 5.69 Å².